The van der Waals surface area contributed by atoms with Crippen molar-refractivity contribution >= 4 is 23.4 Å². The third kappa shape index (κ3) is 6.08. The molecule has 2 rings (SSSR count). The number of halogens is 1. The minimum atomic E-state index is -0.175. The van der Waals surface area contributed by atoms with E-state index in [9.17, 15) is 4.79 Å². The van der Waals surface area contributed by atoms with Gasteiger partial charge in [0.25, 0.3) is 0 Å². The van der Waals surface area contributed by atoms with Crippen molar-refractivity contribution in [2.24, 2.45) is 0 Å². The lowest BCUT2D eigenvalue weighted by Gasteiger charge is -2.15. The molecular formula is C18H23ClN4O. The van der Waals surface area contributed by atoms with Crippen LogP contribution in [0, 0.1) is 6.92 Å². The molecule has 0 radical (unpaired) electrons. The van der Waals surface area contributed by atoms with Gasteiger partial charge in [0.15, 0.2) is 0 Å². The number of benzene rings is 1. The van der Waals surface area contributed by atoms with E-state index in [1.54, 1.807) is 0 Å². The molecule has 1 aromatic carbocycles. The highest BCUT2D eigenvalue weighted by atomic mass is 35.5. The van der Waals surface area contributed by atoms with E-state index in [0.717, 1.165) is 29.9 Å². The van der Waals surface area contributed by atoms with Gasteiger partial charge in [0.2, 0.25) is 0 Å². The van der Waals surface area contributed by atoms with E-state index in [0.29, 0.717) is 11.6 Å². The lowest BCUT2D eigenvalue weighted by molar-refractivity contribution is 0.238. The quantitative estimate of drug-likeness (QED) is 0.666. The second-order valence-corrected chi connectivity index (χ2v) is 6.11. The second kappa shape index (κ2) is 9.13. The summed E-state index contributed by atoms with van der Waals surface area (Å²) in [6.07, 6.45) is 2.64. The number of hydrogen-bond acceptors (Lipinski definition) is 3. The third-order valence-electron chi connectivity index (χ3n) is 3.57. The highest BCUT2D eigenvalue weighted by molar-refractivity contribution is 6.30. The van der Waals surface area contributed by atoms with Gasteiger partial charge in [-0.3, -0.25) is 0 Å². The molecule has 0 aliphatic carbocycles. The molecule has 2 aromatic rings. The Bertz CT molecular complexity index is 643. The first-order valence-electron chi connectivity index (χ1n) is 8.01. The molecule has 0 unspecified atom stereocenters. The van der Waals surface area contributed by atoms with Crippen LogP contribution < -0.4 is 16.0 Å². The van der Waals surface area contributed by atoms with Crippen molar-refractivity contribution < 1.29 is 4.79 Å². The van der Waals surface area contributed by atoms with Crippen LogP contribution in [0.1, 0.15) is 30.5 Å². The lowest BCUT2D eigenvalue weighted by atomic mass is 10.1. The van der Waals surface area contributed by atoms with E-state index < -0.39 is 0 Å². The van der Waals surface area contributed by atoms with E-state index in [2.05, 4.69) is 20.9 Å². The normalized spacial score (nSPS) is 11.6. The van der Waals surface area contributed by atoms with E-state index in [1.807, 2.05) is 56.4 Å². The summed E-state index contributed by atoms with van der Waals surface area (Å²) in [7, 11) is 0. The van der Waals surface area contributed by atoms with Gasteiger partial charge in [0, 0.05) is 24.3 Å². The van der Waals surface area contributed by atoms with Gasteiger partial charge >= 0.3 is 6.03 Å². The molecule has 0 aliphatic heterocycles. The van der Waals surface area contributed by atoms with Crippen molar-refractivity contribution in [1.29, 1.82) is 0 Å². The number of nitrogens with zero attached hydrogens (tertiary/aromatic N) is 1. The largest absolute Gasteiger partial charge is 0.370 e. The van der Waals surface area contributed by atoms with Crippen LogP contribution in [0.15, 0.2) is 42.6 Å². The summed E-state index contributed by atoms with van der Waals surface area (Å²) in [5.74, 6) is 0.849. The smallest absolute Gasteiger partial charge is 0.315 e. The van der Waals surface area contributed by atoms with Gasteiger partial charge in [0.1, 0.15) is 5.82 Å². The Hall–Kier alpha value is -2.27. The predicted octanol–water partition coefficient (Wildman–Crippen LogP) is 3.91. The Morgan fingerprint density at radius 3 is 2.58 bits per heavy atom. The molecule has 1 atom stereocenters. The number of nitrogens with one attached hydrogen (secondary N) is 3. The van der Waals surface area contributed by atoms with Crippen molar-refractivity contribution in [2.45, 2.75) is 26.3 Å². The maximum Gasteiger partial charge on any atom is 0.315 e. The molecule has 2 amide bonds. The fraction of sp³-hybridized carbons (Fsp3) is 0.333. The molecule has 24 heavy (non-hydrogen) atoms. The first-order chi connectivity index (χ1) is 11.5. The molecule has 0 spiro atoms. The standard InChI is InChI=1S/C18H23ClN4O/c1-13-4-9-17(22-12-13)20-10-3-11-21-18(24)23-14(2)15-5-7-16(19)8-6-15/h4-9,12,14H,3,10-11H2,1-2H3,(H,20,22)(H2,21,23,24)/t14-/m0/s1. The summed E-state index contributed by atoms with van der Waals surface area (Å²) in [6, 6.07) is 11.2. The Labute approximate surface area is 147 Å². The van der Waals surface area contributed by atoms with Crippen LogP contribution in [0.25, 0.3) is 0 Å². The van der Waals surface area contributed by atoms with Gasteiger partial charge in [-0.05, 0) is 49.6 Å². The van der Waals surface area contributed by atoms with E-state index >= 15 is 0 Å². The second-order valence-electron chi connectivity index (χ2n) is 5.67. The molecule has 6 heteroatoms. The van der Waals surface area contributed by atoms with Gasteiger partial charge in [-0.25, -0.2) is 9.78 Å². The Balaban J connectivity index is 1.62. The number of anilines is 1. The molecule has 0 bridgehead atoms. The van der Waals surface area contributed by atoms with Gasteiger partial charge < -0.3 is 16.0 Å². The zero-order valence-corrected chi connectivity index (χ0v) is 14.7. The van der Waals surface area contributed by atoms with Gasteiger partial charge in [-0.2, -0.15) is 0 Å². The fourth-order valence-corrected chi connectivity index (χ4v) is 2.29. The molecule has 128 valence electrons. The van der Waals surface area contributed by atoms with Crippen LogP contribution in [-0.4, -0.2) is 24.1 Å². The molecule has 1 aromatic heterocycles. The molecule has 0 saturated carbocycles. The minimum absolute atomic E-state index is 0.0721. The third-order valence-corrected chi connectivity index (χ3v) is 3.83. The number of carbonyl (C=O) groups excluding carboxylic acids is 1. The van der Waals surface area contributed by atoms with E-state index in [-0.39, 0.29) is 12.1 Å². The maximum absolute atomic E-state index is 11.9. The van der Waals surface area contributed by atoms with Crippen LogP contribution in [0.4, 0.5) is 10.6 Å². The molecule has 0 saturated heterocycles. The molecule has 1 heterocycles. The minimum Gasteiger partial charge on any atom is -0.370 e. The maximum atomic E-state index is 11.9. The summed E-state index contributed by atoms with van der Waals surface area (Å²) in [5, 5.41) is 9.67. The lowest BCUT2D eigenvalue weighted by Crippen LogP contribution is -2.37. The van der Waals surface area contributed by atoms with Crippen LogP contribution in [0.3, 0.4) is 0 Å². The van der Waals surface area contributed by atoms with E-state index in [1.165, 1.54) is 0 Å². The van der Waals surface area contributed by atoms with Crippen LogP contribution >= 0.6 is 11.6 Å². The average Bonchev–Trinajstić information content (AvgIpc) is 2.56. The SMILES string of the molecule is Cc1ccc(NCCCNC(=O)N[C@@H](C)c2ccc(Cl)cc2)nc1. The van der Waals surface area contributed by atoms with Crippen molar-refractivity contribution in [3.8, 4) is 0 Å². The van der Waals surface area contributed by atoms with Crippen molar-refractivity contribution in [2.75, 3.05) is 18.4 Å². The monoisotopic (exact) mass is 346 g/mol. The Morgan fingerprint density at radius 1 is 1.17 bits per heavy atom. The Kier molecular flexibility index (Phi) is 6.88. The summed E-state index contributed by atoms with van der Waals surface area (Å²) in [6.45, 7) is 5.29. The fourth-order valence-electron chi connectivity index (χ4n) is 2.16. The summed E-state index contributed by atoms with van der Waals surface area (Å²) >= 11 is 5.86. The first kappa shape index (κ1) is 18.1. The number of carbonyl (C=O) groups is 1. The molecular weight excluding hydrogens is 324 g/mol. The highest BCUT2D eigenvalue weighted by Gasteiger charge is 2.08. The van der Waals surface area contributed by atoms with E-state index in [4.69, 9.17) is 11.6 Å². The predicted molar refractivity (Wildman–Crippen MR) is 98.5 cm³/mol. The van der Waals surface area contributed by atoms with Crippen molar-refractivity contribution in [3.05, 3.63) is 58.7 Å². The Morgan fingerprint density at radius 2 is 1.92 bits per heavy atom. The van der Waals surface area contributed by atoms with Gasteiger partial charge in [0.05, 0.1) is 6.04 Å². The number of hydrogen-bond donors (Lipinski definition) is 3. The number of amides is 2. The first-order valence-corrected chi connectivity index (χ1v) is 8.39. The van der Waals surface area contributed by atoms with Gasteiger partial charge in [-0.1, -0.05) is 29.8 Å². The number of pyridine rings is 1. The zero-order valence-electron chi connectivity index (χ0n) is 14.0. The van der Waals surface area contributed by atoms with Crippen molar-refractivity contribution in [1.82, 2.24) is 15.6 Å². The number of aryl methyl sites for hydroxylation is 1. The summed E-state index contributed by atoms with van der Waals surface area (Å²) in [5.41, 5.74) is 2.15. The number of urea groups is 1. The van der Waals surface area contributed by atoms with Crippen molar-refractivity contribution in [3.63, 3.8) is 0 Å². The zero-order chi connectivity index (χ0) is 17.4. The van der Waals surface area contributed by atoms with Crippen LogP contribution in [-0.2, 0) is 0 Å². The van der Waals surface area contributed by atoms with Crippen LogP contribution in [0.2, 0.25) is 5.02 Å². The molecule has 0 aliphatic rings. The topological polar surface area (TPSA) is 66.0 Å². The highest BCUT2D eigenvalue weighted by Crippen LogP contribution is 2.15. The average molecular weight is 347 g/mol. The molecule has 5 nitrogen and oxygen atoms in total. The summed E-state index contributed by atoms with van der Waals surface area (Å²) in [4.78, 5) is 16.2. The summed E-state index contributed by atoms with van der Waals surface area (Å²) < 4.78 is 0. The number of aromatic nitrogens is 1. The van der Waals surface area contributed by atoms with Crippen LogP contribution in [0.5, 0.6) is 0 Å². The molecule has 3 N–H and O–H groups in total. The number of rotatable bonds is 7. The molecule has 0 fully saturated rings. The van der Waals surface area contributed by atoms with Gasteiger partial charge in [-0.15, -0.1) is 0 Å².